The summed E-state index contributed by atoms with van der Waals surface area (Å²) in [5.74, 6) is 0.612. The number of ketones is 1. The van der Waals surface area contributed by atoms with E-state index in [1.165, 1.54) is 15.4 Å². The topological polar surface area (TPSA) is 82.2 Å². The summed E-state index contributed by atoms with van der Waals surface area (Å²) in [4.78, 5) is 26.5. The standard InChI is InChI=1S/C23H27N5O3/c1-6-17-8-7-9-20(28-23(30)27(5)24-25-28)19(17)15-31-22-11-10-18(14-16(22)2)21(29)12-13-26(3)4/h7-14H,6,15H2,1-5H3. The van der Waals surface area contributed by atoms with Gasteiger partial charge in [0.15, 0.2) is 5.78 Å². The number of benzene rings is 2. The smallest absolute Gasteiger partial charge is 0.368 e. The first-order valence-corrected chi connectivity index (χ1v) is 10.0. The van der Waals surface area contributed by atoms with Gasteiger partial charge in [0.05, 0.1) is 5.69 Å². The molecule has 0 spiro atoms. The van der Waals surface area contributed by atoms with Gasteiger partial charge in [-0.2, -0.15) is 9.36 Å². The second kappa shape index (κ2) is 9.42. The molecule has 31 heavy (non-hydrogen) atoms. The molecule has 0 saturated carbocycles. The minimum atomic E-state index is -0.320. The Morgan fingerprint density at radius 3 is 2.58 bits per heavy atom. The molecule has 1 heterocycles. The Hall–Kier alpha value is -3.68. The van der Waals surface area contributed by atoms with E-state index in [9.17, 15) is 9.59 Å². The molecular formula is C23H27N5O3. The zero-order valence-electron chi connectivity index (χ0n) is 18.5. The molecule has 3 aromatic rings. The lowest BCUT2D eigenvalue weighted by atomic mass is 10.0. The zero-order valence-corrected chi connectivity index (χ0v) is 18.5. The van der Waals surface area contributed by atoms with Gasteiger partial charge in [-0.25, -0.2) is 4.79 Å². The number of ether oxygens (including phenoxy) is 1. The highest BCUT2D eigenvalue weighted by atomic mass is 16.5. The second-order valence-corrected chi connectivity index (χ2v) is 7.48. The van der Waals surface area contributed by atoms with E-state index in [0.29, 0.717) is 17.0 Å². The molecule has 0 N–H and O–H groups in total. The van der Waals surface area contributed by atoms with E-state index in [1.54, 1.807) is 25.4 Å². The average molecular weight is 422 g/mol. The van der Waals surface area contributed by atoms with Crippen LogP contribution in [0.5, 0.6) is 5.75 Å². The number of hydrogen-bond donors (Lipinski definition) is 0. The first kappa shape index (κ1) is 22.0. The SMILES string of the molecule is CCc1cccc(-n2nnn(C)c2=O)c1COc1ccc(C(=O)C=CN(C)C)cc1C. The van der Waals surface area contributed by atoms with Crippen LogP contribution in [0.4, 0.5) is 0 Å². The van der Waals surface area contributed by atoms with Crippen molar-refractivity contribution in [1.82, 2.24) is 24.7 Å². The van der Waals surface area contributed by atoms with Crippen molar-refractivity contribution in [3.8, 4) is 11.4 Å². The molecule has 0 aliphatic rings. The van der Waals surface area contributed by atoms with Gasteiger partial charge in [-0.3, -0.25) is 4.79 Å². The fraction of sp³-hybridized carbons (Fsp3) is 0.304. The summed E-state index contributed by atoms with van der Waals surface area (Å²) in [6.45, 7) is 4.22. The third-order valence-corrected chi connectivity index (χ3v) is 4.93. The van der Waals surface area contributed by atoms with E-state index in [4.69, 9.17) is 4.74 Å². The van der Waals surface area contributed by atoms with Crippen LogP contribution in [0, 0.1) is 6.92 Å². The summed E-state index contributed by atoms with van der Waals surface area (Å²) < 4.78 is 8.57. The van der Waals surface area contributed by atoms with Crippen molar-refractivity contribution in [2.24, 2.45) is 7.05 Å². The van der Waals surface area contributed by atoms with Crippen LogP contribution in [-0.4, -0.2) is 44.6 Å². The maximum atomic E-state index is 12.4. The number of aryl methyl sites for hydroxylation is 3. The molecule has 1 aromatic heterocycles. The van der Waals surface area contributed by atoms with Crippen molar-refractivity contribution in [2.75, 3.05) is 14.1 Å². The monoisotopic (exact) mass is 421 g/mol. The highest BCUT2D eigenvalue weighted by Crippen LogP contribution is 2.24. The van der Waals surface area contributed by atoms with Crippen LogP contribution in [0.15, 0.2) is 53.5 Å². The Balaban J connectivity index is 1.87. The predicted octanol–water partition coefficient (Wildman–Crippen LogP) is 2.67. The first-order valence-electron chi connectivity index (χ1n) is 10.0. The molecule has 0 radical (unpaired) electrons. The summed E-state index contributed by atoms with van der Waals surface area (Å²) in [6, 6.07) is 11.1. The molecular weight excluding hydrogens is 394 g/mol. The van der Waals surface area contributed by atoms with Gasteiger partial charge in [0.25, 0.3) is 0 Å². The molecule has 0 atom stereocenters. The van der Waals surface area contributed by atoms with Crippen LogP contribution < -0.4 is 10.4 Å². The van der Waals surface area contributed by atoms with Crippen molar-refractivity contribution in [3.05, 3.63) is 81.4 Å². The normalized spacial score (nSPS) is 11.1. The van der Waals surface area contributed by atoms with Crippen LogP contribution in [0.25, 0.3) is 5.69 Å². The lowest BCUT2D eigenvalue weighted by Crippen LogP contribution is -2.23. The van der Waals surface area contributed by atoms with Crippen molar-refractivity contribution in [2.45, 2.75) is 26.9 Å². The zero-order chi connectivity index (χ0) is 22.5. The van der Waals surface area contributed by atoms with Gasteiger partial charge in [0.2, 0.25) is 0 Å². The van der Waals surface area contributed by atoms with Gasteiger partial charge >= 0.3 is 5.69 Å². The maximum Gasteiger partial charge on any atom is 0.368 e. The van der Waals surface area contributed by atoms with E-state index in [-0.39, 0.29) is 18.1 Å². The first-order chi connectivity index (χ1) is 14.8. The number of aromatic nitrogens is 4. The molecule has 8 heteroatoms. The maximum absolute atomic E-state index is 12.4. The van der Waals surface area contributed by atoms with E-state index >= 15 is 0 Å². The summed E-state index contributed by atoms with van der Waals surface area (Å²) in [5.41, 5.74) is 3.73. The van der Waals surface area contributed by atoms with Crippen LogP contribution in [0.2, 0.25) is 0 Å². The molecule has 0 saturated heterocycles. The van der Waals surface area contributed by atoms with E-state index in [1.807, 2.05) is 50.2 Å². The predicted molar refractivity (Wildman–Crippen MR) is 119 cm³/mol. The van der Waals surface area contributed by atoms with Gasteiger partial charge < -0.3 is 9.64 Å². The van der Waals surface area contributed by atoms with E-state index in [0.717, 1.165) is 23.1 Å². The highest BCUT2D eigenvalue weighted by molar-refractivity contribution is 6.04. The molecule has 0 amide bonds. The van der Waals surface area contributed by atoms with Crippen LogP contribution in [0.3, 0.4) is 0 Å². The van der Waals surface area contributed by atoms with Crippen LogP contribution in [-0.2, 0) is 20.1 Å². The van der Waals surface area contributed by atoms with Gasteiger partial charge in [-0.05, 0) is 59.2 Å². The molecule has 8 nitrogen and oxygen atoms in total. The fourth-order valence-corrected chi connectivity index (χ4v) is 3.21. The number of carbonyl (C=O) groups is 1. The van der Waals surface area contributed by atoms with Crippen molar-refractivity contribution in [3.63, 3.8) is 0 Å². The molecule has 0 unspecified atom stereocenters. The number of rotatable bonds is 8. The number of nitrogens with zero attached hydrogens (tertiary/aromatic N) is 5. The quantitative estimate of drug-likeness (QED) is 0.411. The molecule has 0 bridgehead atoms. The van der Waals surface area contributed by atoms with Crippen molar-refractivity contribution in [1.29, 1.82) is 0 Å². The minimum absolute atomic E-state index is 0.0657. The van der Waals surface area contributed by atoms with Crippen LogP contribution >= 0.6 is 0 Å². The Labute approximate surface area is 181 Å². The Morgan fingerprint density at radius 1 is 1.19 bits per heavy atom. The summed E-state index contributed by atoms with van der Waals surface area (Å²) >= 11 is 0. The average Bonchev–Trinajstić information content (AvgIpc) is 3.09. The summed E-state index contributed by atoms with van der Waals surface area (Å²) in [7, 11) is 5.29. The van der Waals surface area contributed by atoms with Gasteiger partial charge in [-0.1, -0.05) is 19.1 Å². The Morgan fingerprint density at radius 2 is 1.97 bits per heavy atom. The highest BCUT2D eigenvalue weighted by Gasteiger charge is 2.15. The second-order valence-electron chi connectivity index (χ2n) is 7.48. The largest absolute Gasteiger partial charge is 0.489 e. The van der Waals surface area contributed by atoms with Gasteiger partial charge in [0, 0.05) is 44.5 Å². The summed E-state index contributed by atoms with van der Waals surface area (Å²) in [5, 5.41) is 7.78. The Bertz CT molecular complexity index is 1170. The van der Waals surface area contributed by atoms with Gasteiger partial charge in [-0.15, -0.1) is 0 Å². The lowest BCUT2D eigenvalue weighted by molar-refractivity contribution is 0.104. The molecule has 0 aliphatic carbocycles. The van der Waals surface area contributed by atoms with Crippen LogP contribution in [0.1, 0.15) is 34.0 Å². The van der Waals surface area contributed by atoms with E-state index in [2.05, 4.69) is 17.4 Å². The lowest BCUT2D eigenvalue weighted by Gasteiger charge is -2.15. The molecule has 0 fully saturated rings. The molecule has 162 valence electrons. The van der Waals surface area contributed by atoms with Crippen molar-refractivity contribution >= 4 is 5.78 Å². The minimum Gasteiger partial charge on any atom is -0.489 e. The third kappa shape index (κ3) is 4.91. The van der Waals surface area contributed by atoms with Gasteiger partial charge in [0.1, 0.15) is 12.4 Å². The van der Waals surface area contributed by atoms with Crippen molar-refractivity contribution < 1.29 is 9.53 Å². The third-order valence-electron chi connectivity index (χ3n) is 4.93. The Kier molecular flexibility index (Phi) is 6.69. The number of tetrazole rings is 1. The number of carbonyl (C=O) groups excluding carboxylic acids is 1. The summed E-state index contributed by atoms with van der Waals surface area (Å²) in [6.07, 6.45) is 4.05. The molecule has 0 aliphatic heterocycles. The number of allylic oxidation sites excluding steroid dienone is 1. The number of hydrogen-bond acceptors (Lipinski definition) is 6. The molecule has 3 rings (SSSR count). The molecule has 2 aromatic carbocycles. The fourth-order valence-electron chi connectivity index (χ4n) is 3.21. The van der Waals surface area contributed by atoms with E-state index < -0.39 is 0 Å².